The standard InChI is InChI=1S/C25H28ClN5O4/c1-17(35-20-7-3-6-19(26)13-20)25(33)30-10-8-22-21(16-30)23(29-31(22)11-12-34-2)24(32)28-15-18-5-4-9-27-14-18/h3-7,9,13-14,17H,8,10-12,15-16H2,1-2H3,(H,28,32)/t17-/m1/s1. The largest absolute Gasteiger partial charge is 0.481 e. The monoisotopic (exact) mass is 497 g/mol. The van der Waals surface area contributed by atoms with Crippen LogP contribution in [-0.2, 0) is 35.6 Å². The lowest BCUT2D eigenvalue weighted by atomic mass is 10.0. The second kappa shape index (κ2) is 11.3. The Kier molecular flexibility index (Phi) is 7.99. The fourth-order valence-corrected chi connectivity index (χ4v) is 4.23. The van der Waals surface area contributed by atoms with Gasteiger partial charge in [-0.3, -0.25) is 19.3 Å². The van der Waals surface area contributed by atoms with Crippen molar-refractivity contribution in [3.63, 3.8) is 0 Å². The van der Waals surface area contributed by atoms with Crippen LogP contribution in [0.1, 0.15) is 34.2 Å². The van der Waals surface area contributed by atoms with Crippen LogP contribution in [0.3, 0.4) is 0 Å². The van der Waals surface area contributed by atoms with E-state index in [1.807, 2.05) is 16.8 Å². The zero-order valence-corrected chi connectivity index (χ0v) is 20.5. The number of halogens is 1. The van der Waals surface area contributed by atoms with Gasteiger partial charge in [-0.1, -0.05) is 23.7 Å². The van der Waals surface area contributed by atoms with E-state index in [-0.39, 0.29) is 18.4 Å². The van der Waals surface area contributed by atoms with Crippen molar-refractivity contribution in [2.24, 2.45) is 0 Å². The molecular formula is C25H28ClN5O4. The summed E-state index contributed by atoms with van der Waals surface area (Å²) in [7, 11) is 1.62. The maximum absolute atomic E-state index is 13.2. The molecule has 3 heterocycles. The van der Waals surface area contributed by atoms with E-state index in [1.165, 1.54) is 0 Å². The molecule has 35 heavy (non-hydrogen) atoms. The fraction of sp³-hybridized carbons (Fsp3) is 0.360. The third kappa shape index (κ3) is 5.98. The van der Waals surface area contributed by atoms with E-state index in [4.69, 9.17) is 21.1 Å². The summed E-state index contributed by atoms with van der Waals surface area (Å²) in [6.45, 7) is 3.82. The molecule has 9 nitrogen and oxygen atoms in total. The van der Waals surface area contributed by atoms with Crippen LogP contribution >= 0.6 is 11.6 Å². The molecule has 184 valence electrons. The van der Waals surface area contributed by atoms with Crippen molar-refractivity contribution in [1.29, 1.82) is 0 Å². The highest BCUT2D eigenvalue weighted by Crippen LogP contribution is 2.25. The number of hydrogen-bond acceptors (Lipinski definition) is 6. The predicted molar refractivity (Wildman–Crippen MR) is 130 cm³/mol. The molecule has 3 aromatic rings. The van der Waals surface area contributed by atoms with Gasteiger partial charge in [-0.15, -0.1) is 0 Å². The van der Waals surface area contributed by atoms with Crippen LogP contribution in [0.25, 0.3) is 0 Å². The molecule has 1 N–H and O–H groups in total. The lowest BCUT2D eigenvalue weighted by Crippen LogP contribution is -2.43. The number of benzene rings is 1. The molecule has 0 bridgehead atoms. The minimum absolute atomic E-state index is 0.165. The number of hydrogen-bond donors (Lipinski definition) is 1. The summed E-state index contributed by atoms with van der Waals surface area (Å²) in [4.78, 5) is 32.0. The second-order valence-electron chi connectivity index (χ2n) is 8.26. The Morgan fingerprint density at radius 3 is 2.86 bits per heavy atom. The molecule has 0 spiro atoms. The van der Waals surface area contributed by atoms with Crippen LogP contribution in [0.5, 0.6) is 5.75 Å². The number of carbonyl (C=O) groups excluding carboxylic acids is 2. The smallest absolute Gasteiger partial charge is 0.272 e. The van der Waals surface area contributed by atoms with Gasteiger partial charge in [0.05, 0.1) is 13.2 Å². The number of carbonyl (C=O) groups is 2. The zero-order valence-electron chi connectivity index (χ0n) is 19.7. The molecule has 0 fully saturated rings. The van der Waals surface area contributed by atoms with E-state index in [9.17, 15) is 9.59 Å². The third-order valence-electron chi connectivity index (χ3n) is 5.80. The quantitative estimate of drug-likeness (QED) is 0.488. The number of rotatable bonds is 9. The van der Waals surface area contributed by atoms with Crippen molar-refractivity contribution in [1.82, 2.24) is 25.0 Å². The minimum Gasteiger partial charge on any atom is -0.481 e. The lowest BCUT2D eigenvalue weighted by molar-refractivity contribution is -0.138. The maximum Gasteiger partial charge on any atom is 0.272 e. The molecule has 2 amide bonds. The number of fused-ring (bicyclic) bond motifs is 1. The van der Waals surface area contributed by atoms with Gasteiger partial charge in [0.15, 0.2) is 11.8 Å². The van der Waals surface area contributed by atoms with Gasteiger partial charge < -0.3 is 19.7 Å². The number of nitrogens with zero attached hydrogens (tertiary/aromatic N) is 4. The summed E-state index contributed by atoms with van der Waals surface area (Å²) in [5.41, 5.74) is 2.90. The van der Waals surface area contributed by atoms with Crippen LogP contribution in [0.4, 0.5) is 0 Å². The van der Waals surface area contributed by atoms with Gasteiger partial charge >= 0.3 is 0 Å². The van der Waals surface area contributed by atoms with Crippen molar-refractivity contribution in [2.45, 2.75) is 39.1 Å². The molecule has 10 heteroatoms. The molecule has 0 saturated carbocycles. The Balaban J connectivity index is 1.50. The van der Waals surface area contributed by atoms with Crippen molar-refractivity contribution in [3.05, 3.63) is 76.3 Å². The predicted octanol–water partition coefficient (Wildman–Crippen LogP) is 2.86. The SMILES string of the molecule is COCCn1nc(C(=O)NCc2cccnc2)c2c1CCN(C(=O)[C@@H](C)Oc1cccc(Cl)c1)C2. The second-order valence-corrected chi connectivity index (χ2v) is 8.70. The number of amides is 2. The summed E-state index contributed by atoms with van der Waals surface area (Å²) in [5, 5.41) is 8.03. The Bertz CT molecular complexity index is 1180. The first-order chi connectivity index (χ1) is 17.0. The van der Waals surface area contributed by atoms with Crippen LogP contribution < -0.4 is 10.1 Å². The number of methoxy groups -OCH3 is 1. The van der Waals surface area contributed by atoms with Gasteiger partial charge in [0.2, 0.25) is 0 Å². The number of aromatic nitrogens is 3. The van der Waals surface area contributed by atoms with Gasteiger partial charge in [0.1, 0.15) is 5.75 Å². The van der Waals surface area contributed by atoms with Gasteiger partial charge in [0.25, 0.3) is 11.8 Å². The molecule has 2 aromatic heterocycles. The molecule has 0 radical (unpaired) electrons. The van der Waals surface area contributed by atoms with E-state index < -0.39 is 6.10 Å². The molecule has 0 saturated heterocycles. The van der Waals surface area contributed by atoms with Gasteiger partial charge in [0, 0.05) is 61.8 Å². The Morgan fingerprint density at radius 1 is 1.26 bits per heavy atom. The van der Waals surface area contributed by atoms with Crippen LogP contribution in [0, 0.1) is 0 Å². The Labute approximate surface area is 209 Å². The fourth-order valence-electron chi connectivity index (χ4n) is 4.04. The van der Waals surface area contributed by atoms with Crippen molar-refractivity contribution >= 4 is 23.4 Å². The maximum atomic E-state index is 13.2. The van der Waals surface area contributed by atoms with Gasteiger partial charge in [-0.2, -0.15) is 5.10 Å². The summed E-state index contributed by atoms with van der Waals surface area (Å²) >= 11 is 6.03. The first kappa shape index (κ1) is 24.7. The molecule has 1 aliphatic heterocycles. The lowest BCUT2D eigenvalue weighted by Gasteiger charge is -2.30. The van der Waals surface area contributed by atoms with E-state index in [0.717, 1.165) is 16.8 Å². The number of pyridine rings is 1. The topological polar surface area (TPSA) is 98.6 Å². The summed E-state index contributed by atoms with van der Waals surface area (Å²) < 4.78 is 12.8. The molecular weight excluding hydrogens is 470 g/mol. The summed E-state index contributed by atoms with van der Waals surface area (Å²) in [6, 6.07) is 10.7. The highest BCUT2D eigenvalue weighted by molar-refractivity contribution is 6.30. The molecule has 1 aromatic carbocycles. The third-order valence-corrected chi connectivity index (χ3v) is 6.04. The van der Waals surface area contributed by atoms with E-state index in [1.54, 1.807) is 55.6 Å². The van der Waals surface area contributed by atoms with Crippen LogP contribution in [-0.4, -0.2) is 57.8 Å². The number of ether oxygens (including phenoxy) is 2. The first-order valence-corrected chi connectivity index (χ1v) is 11.8. The average molecular weight is 498 g/mol. The molecule has 0 aliphatic carbocycles. The van der Waals surface area contributed by atoms with Crippen molar-refractivity contribution in [2.75, 3.05) is 20.3 Å². The normalized spacial score (nSPS) is 13.7. The highest BCUT2D eigenvalue weighted by atomic mass is 35.5. The van der Waals surface area contributed by atoms with Crippen LogP contribution in [0.15, 0.2) is 48.8 Å². The minimum atomic E-state index is -0.707. The van der Waals surface area contributed by atoms with E-state index in [0.29, 0.717) is 49.1 Å². The zero-order chi connectivity index (χ0) is 24.8. The first-order valence-electron chi connectivity index (χ1n) is 11.4. The van der Waals surface area contributed by atoms with Crippen molar-refractivity contribution in [3.8, 4) is 5.75 Å². The van der Waals surface area contributed by atoms with Gasteiger partial charge in [-0.05, 0) is 36.8 Å². The Hall–Kier alpha value is -3.43. The van der Waals surface area contributed by atoms with Gasteiger partial charge in [-0.25, -0.2) is 0 Å². The van der Waals surface area contributed by atoms with Crippen molar-refractivity contribution < 1.29 is 19.1 Å². The average Bonchev–Trinajstić information content (AvgIpc) is 3.24. The molecule has 0 unspecified atom stereocenters. The summed E-state index contributed by atoms with van der Waals surface area (Å²) in [5.74, 6) is 0.0692. The molecule has 1 aliphatic rings. The van der Waals surface area contributed by atoms with Crippen LogP contribution in [0.2, 0.25) is 5.02 Å². The number of nitrogens with one attached hydrogen (secondary N) is 1. The molecule has 4 rings (SSSR count). The summed E-state index contributed by atoms with van der Waals surface area (Å²) in [6.07, 6.45) is 3.26. The highest BCUT2D eigenvalue weighted by Gasteiger charge is 2.32. The molecule has 1 atom stereocenters. The van der Waals surface area contributed by atoms with E-state index >= 15 is 0 Å². The van der Waals surface area contributed by atoms with E-state index in [2.05, 4.69) is 15.4 Å². The Morgan fingerprint density at radius 2 is 2.11 bits per heavy atom.